The second-order valence-electron chi connectivity index (χ2n) is 4.28. The third kappa shape index (κ3) is 4.23. The van der Waals surface area contributed by atoms with E-state index in [4.69, 9.17) is 14.2 Å². The van der Waals surface area contributed by atoms with Crippen LogP contribution in [-0.4, -0.2) is 15.5 Å². The summed E-state index contributed by atoms with van der Waals surface area (Å²) in [7, 11) is -2.32. The van der Waals surface area contributed by atoms with E-state index < -0.39 is 10.1 Å². The normalized spacial score (nSPS) is 10.7. The lowest BCUT2D eigenvalue weighted by Gasteiger charge is -2.08. The van der Waals surface area contributed by atoms with E-state index in [1.54, 1.807) is 30.3 Å². The number of nitriles is 1. The molecule has 2 aromatic rings. The Bertz CT molecular complexity index is 778. The van der Waals surface area contributed by atoms with Crippen molar-refractivity contribution in [2.45, 2.75) is 5.75 Å². The molecular formula is C15H13NO4S. The summed E-state index contributed by atoms with van der Waals surface area (Å²) in [6, 6.07) is 14.7. The number of ether oxygens (including phenoxy) is 1. The number of benzene rings is 2. The van der Waals surface area contributed by atoms with Crippen LogP contribution in [0, 0.1) is 11.3 Å². The number of nitrogens with zero attached hydrogens (tertiary/aromatic N) is 1. The predicted octanol–water partition coefficient (Wildman–Crippen LogP) is 2.48. The lowest BCUT2D eigenvalue weighted by atomic mass is 10.2. The van der Waals surface area contributed by atoms with Crippen LogP contribution < -0.4 is 8.92 Å². The van der Waals surface area contributed by atoms with Gasteiger partial charge < -0.3 is 8.92 Å². The van der Waals surface area contributed by atoms with Gasteiger partial charge in [-0.2, -0.15) is 13.7 Å². The van der Waals surface area contributed by atoms with Gasteiger partial charge in [-0.05, 0) is 29.8 Å². The van der Waals surface area contributed by atoms with Crippen LogP contribution in [0.4, 0.5) is 0 Å². The number of methoxy groups -OCH3 is 1. The molecule has 108 valence electrons. The Morgan fingerprint density at radius 3 is 2.52 bits per heavy atom. The standard InChI is InChI=1S/C15H13NO4S/c1-19-14-6-3-7-15(9-14)20-21(17,18)11-13-5-2-4-12(8-13)10-16/h2-9H,11H2,1H3. The molecule has 0 aliphatic rings. The summed E-state index contributed by atoms with van der Waals surface area (Å²) in [5.41, 5.74) is 0.904. The highest BCUT2D eigenvalue weighted by atomic mass is 32.2. The number of rotatable bonds is 5. The molecule has 21 heavy (non-hydrogen) atoms. The van der Waals surface area contributed by atoms with Crippen LogP contribution in [0.3, 0.4) is 0 Å². The second-order valence-corrected chi connectivity index (χ2v) is 5.85. The summed E-state index contributed by atoms with van der Waals surface area (Å²) in [5, 5.41) is 8.81. The Labute approximate surface area is 123 Å². The van der Waals surface area contributed by atoms with Gasteiger partial charge in [-0.1, -0.05) is 18.2 Å². The van der Waals surface area contributed by atoms with Crippen molar-refractivity contribution in [3.8, 4) is 17.6 Å². The van der Waals surface area contributed by atoms with Crippen LogP contribution in [0.15, 0.2) is 48.5 Å². The molecular weight excluding hydrogens is 290 g/mol. The molecule has 0 aliphatic carbocycles. The molecule has 0 amide bonds. The molecule has 0 unspecified atom stereocenters. The van der Waals surface area contributed by atoms with Crippen molar-refractivity contribution in [2.24, 2.45) is 0 Å². The average molecular weight is 303 g/mol. The largest absolute Gasteiger partial charge is 0.497 e. The Morgan fingerprint density at radius 1 is 1.10 bits per heavy atom. The van der Waals surface area contributed by atoms with E-state index >= 15 is 0 Å². The van der Waals surface area contributed by atoms with Crippen molar-refractivity contribution in [3.05, 3.63) is 59.7 Å². The zero-order chi connectivity index (χ0) is 15.3. The van der Waals surface area contributed by atoms with Crippen molar-refractivity contribution in [1.29, 1.82) is 5.26 Å². The average Bonchev–Trinajstić information content (AvgIpc) is 2.46. The summed E-state index contributed by atoms with van der Waals surface area (Å²) >= 11 is 0. The quantitative estimate of drug-likeness (QED) is 0.793. The van der Waals surface area contributed by atoms with Gasteiger partial charge in [0, 0.05) is 6.07 Å². The molecule has 2 aromatic carbocycles. The highest BCUT2D eigenvalue weighted by Gasteiger charge is 2.15. The summed E-state index contributed by atoms with van der Waals surface area (Å²) in [6.07, 6.45) is 0. The van der Waals surface area contributed by atoms with E-state index in [1.807, 2.05) is 6.07 Å². The minimum absolute atomic E-state index is 0.186. The highest BCUT2D eigenvalue weighted by molar-refractivity contribution is 7.86. The first-order valence-electron chi connectivity index (χ1n) is 6.08. The Morgan fingerprint density at radius 2 is 1.81 bits per heavy atom. The molecule has 0 fully saturated rings. The van der Waals surface area contributed by atoms with Crippen LogP contribution in [0.2, 0.25) is 0 Å². The van der Waals surface area contributed by atoms with Gasteiger partial charge in [-0.3, -0.25) is 0 Å². The number of hydrogen-bond donors (Lipinski definition) is 0. The minimum atomic E-state index is -3.80. The van der Waals surface area contributed by atoms with Crippen LogP contribution in [0.25, 0.3) is 0 Å². The fourth-order valence-electron chi connectivity index (χ4n) is 1.76. The van der Waals surface area contributed by atoms with Gasteiger partial charge in [0.15, 0.2) is 0 Å². The lowest BCUT2D eigenvalue weighted by Crippen LogP contribution is -2.12. The molecule has 0 heterocycles. The molecule has 0 saturated heterocycles. The summed E-state index contributed by atoms with van der Waals surface area (Å²) < 4.78 is 34.1. The Balaban J connectivity index is 2.16. The maximum atomic E-state index is 12.0. The zero-order valence-electron chi connectivity index (χ0n) is 11.3. The summed E-state index contributed by atoms with van der Waals surface area (Å²) in [6.45, 7) is 0. The predicted molar refractivity (Wildman–Crippen MR) is 77.4 cm³/mol. The molecule has 5 nitrogen and oxygen atoms in total. The maximum Gasteiger partial charge on any atom is 0.313 e. The molecule has 6 heteroatoms. The summed E-state index contributed by atoms with van der Waals surface area (Å²) in [5.74, 6) is 0.389. The molecule has 0 radical (unpaired) electrons. The third-order valence-corrected chi connectivity index (χ3v) is 3.80. The monoisotopic (exact) mass is 303 g/mol. The van der Waals surface area contributed by atoms with Crippen molar-refractivity contribution >= 4 is 10.1 Å². The van der Waals surface area contributed by atoms with E-state index in [1.165, 1.54) is 25.3 Å². The molecule has 0 atom stereocenters. The van der Waals surface area contributed by atoms with E-state index in [0.717, 1.165) is 0 Å². The first kappa shape index (κ1) is 14.9. The van der Waals surface area contributed by atoms with Gasteiger partial charge in [-0.25, -0.2) is 0 Å². The smallest absolute Gasteiger partial charge is 0.313 e. The van der Waals surface area contributed by atoms with E-state index in [-0.39, 0.29) is 11.5 Å². The zero-order valence-corrected chi connectivity index (χ0v) is 12.1. The molecule has 0 spiro atoms. The van der Waals surface area contributed by atoms with E-state index in [0.29, 0.717) is 16.9 Å². The van der Waals surface area contributed by atoms with Gasteiger partial charge in [-0.15, -0.1) is 0 Å². The van der Waals surface area contributed by atoms with Gasteiger partial charge in [0.1, 0.15) is 17.3 Å². The van der Waals surface area contributed by atoms with Crippen molar-refractivity contribution in [3.63, 3.8) is 0 Å². The Kier molecular flexibility index (Phi) is 4.45. The van der Waals surface area contributed by atoms with Gasteiger partial charge in [0.05, 0.1) is 18.7 Å². The van der Waals surface area contributed by atoms with Crippen molar-refractivity contribution in [1.82, 2.24) is 0 Å². The fraction of sp³-hybridized carbons (Fsp3) is 0.133. The van der Waals surface area contributed by atoms with Gasteiger partial charge >= 0.3 is 10.1 Å². The first-order valence-corrected chi connectivity index (χ1v) is 7.65. The van der Waals surface area contributed by atoms with Crippen LogP contribution in [-0.2, 0) is 15.9 Å². The van der Waals surface area contributed by atoms with Crippen LogP contribution in [0.1, 0.15) is 11.1 Å². The first-order chi connectivity index (χ1) is 10.0. The SMILES string of the molecule is COc1cccc(OS(=O)(=O)Cc2cccc(C#N)c2)c1. The lowest BCUT2D eigenvalue weighted by molar-refractivity contribution is 0.411. The van der Waals surface area contributed by atoms with Crippen LogP contribution >= 0.6 is 0 Å². The number of hydrogen-bond acceptors (Lipinski definition) is 5. The third-order valence-electron chi connectivity index (χ3n) is 2.66. The molecule has 2 rings (SSSR count). The van der Waals surface area contributed by atoms with E-state index in [9.17, 15) is 8.42 Å². The summed E-state index contributed by atoms with van der Waals surface area (Å²) in [4.78, 5) is 0. The minimum Gasteiger partial charge on any atom is -0.497 e. The van der Waals surface area contributed by atoms with Crippen LogP contribution in [0.5, 0.6) is 11.5 Å². The van der Waals surface area contributed by atoms with Gasteiger partial charge in [0.2, 0.25) is 0 Å². The van der Waals surface area contributed by atoms with Gasteiger partial charge in [0.25, 0.3) is 0 Å². The second kappa shape index (κ2) is 6.29. The van der Waals surface area contributed by atoms with Crippen molar-refractivity contribution in [2.75, 3.05) is 7.11 Å². The molecule has 0 aromatic heterocycles. The molecule has 0 N–H and O–H groups in total. The Hall–Kier alpha value is -2.52. The highest BCUT2D eigenvalue weighted by Crippen LogP contribution is 2.21. The molecule has 0 aliphatic heterocycles. The topological polar surface area (TPSA) is 76.4 Å². The van der Waals surface area contributed by atoms with Crippen molar-refractivity contribution < 1.29 is 17.3 Å². The molecule has 0 bridgehead atoms. The maximum absolute atomic E-state index is 12.0. The molecule has 0 saturated carbocycles. The van der Waals surface area contributed by atoms with E-state index in [2.05, 4.69) is 0 Å². The fourth-order valence-corrected chi connectivity index (χ4v) is 2.81.